The SMILES string of the molecule is COc1ccc(C(=O)NCC(=O)O[C@@H](C(=O)NC2CC2)c2ccccc2)cc1. The topological polar surface area (TPSA) is 93.7 Å². The van der Waals surface area contributed by atoms with E-state index in [4.69, 9.17) is 9.47 Å². The molecular weight excluding hydrogens is 360 g/mol. The minimum atomic E-state index is -1.05. The molecule has 0 aliphatic heterocycles. The Morgan fingerprint density at radius 2 is 1.71 bits per heavy atom. The molecule has 0 aromatic heterocycles. The lowest BCUT2D eigenvalue weighted by Crippen LogP contribution is -2.36. The van der Waals surface area contributed by atoms with E-state index < -0.39 is 18.0 Å². The lowest BCUT2D eigenvalue weighted by Gasteiger charge is -2.18. The van der Waals surface area contributed by atoms with Crippen LogP contribution in [0, 0.1) is 0 Å². The van der Waals surface area contributed by atoms with E-state index in [9.17, 15) is 14.4 Å². The highest BCUT2D eigenvalue weighted by molar-refractivity contribution is 5.96. The van der Waals surface area contributed by atoms with Gasteiger partial charge in [-0.3, -0.25) is 14.4 Å². The molecule has 1 fully saturated rings. The Kier molecular flexibility index (Phi) is 6.26. The maximum Gasteiger partial charge on any atom is 0.326 e. The Bertz CT molecular complexity index is 832. The van der Waals surface area contributed by atoms with E-state index in [0.29, 0.717) is 16.9 Å². The zero-order valence-electron chi connectivity index (χ0n) is 15.5. The maximum atomic E-state index is 12.5. The summed E-state index contributed by atoms with van der Waals surface area (Å²) in [4.78, 5) is 36.8. The molecule has 2 aromatic rings. The highest BCUT2D eigenvalue weighted by atomic mass is 16.5. The molecule has 2 amide bonds. The third kappa shape index (κ3) is 5.33. The molecule has 1 aliphatic rings. The predicted molar refractivity (Wildman–Crippen MR) is 102 cm³/mol. The first-order valence-electron chi connectivity index (χ1n) is 9.04. The van der Waals surface area contributed by atoms with E-state index in [-0.39, 0.29) is 18.5 Å². The number of carbonyl (C=O) groups excluding carboxylic acids is 3. The van der Waals surface area contributed by atoms with E-state index in [2.05, 4.69) is 10.6 Å². The van der Waals surface area contributed by atoms with Crippen molar-refractivity contribution in [2.45, 2.75) is 25.0 Å². The van der Waals surface area contributed by atoms with Gasteiger partial charge in [0.2, 0.25) is 6.10 Å². The number of hydrogen-bond donors (Lipinski definition) is 2. The van der Waals surface area contributed by atoms with Crippen molar-refractivity contribution in [3.05, 3.63) is 65.7 Å². The molecule has 1 saturated carbocycles. The van der Waals surface area contributed by atoms with Crippen LogP contribution in [-0.4, -0.2) is 37.5 Å². The lowest BCUT2D eigenvalue weighted by atomic mass is 10.1. The van der Waals surface area contributed by atoms with Crippen LogP contribution in [0.15, 0.2) is 54.6 Å². The second kappa shape index (κ2) is 9.03. The number of nitrogens with one attached hydrogen (secondary N) is 2. The van der Waals surface area contributed by atoms with Crippen molar-refractivity contribution in [3.8, 4) is 5.75 Å². The van der Waals surface area contributed by atoms with Gasteiger partial charge in [0.1, 0.15) is 12.3 Å². The van der Waals surface area contributed by atoms with Gasteiger partial charge < -0.3 is 20.1 Å². The van der Waals surface area contributed by atoms with Crippen molar-refractivity contribution in [3.63, 3.8) is 0 Å². The van der Waals surface area contributed by atoms with Crippen molar-refractivity contribution in [1.82, 2.24) is 10.6 Å². The second-order valence-electron chi connectivity index (χ2n) is 6.47. The molecule has 0 saturated heterocycles. The Hall–Kier alpha value is -3.35. The van der Waals surface area contributed by atoms with Crippen molar-refractivity contribution >= 4 is 17.8 Å². The lowest BCUT2D eigenvalue weighted by molar-refractivity contribution is -0.155. The first-order valence-corrected chi connectivity index (χ1v) is 9.04. The molecule has 0 spiro atoms. The standard InChI is InChI=1S/C21H22N2O5/c1-27-17-11-7-15(8-12-17)20(25)22-13-18(24)28-19(14-5-3-2-4-6-14)21(26)23-16-9-10-16/h2-8,11-12,16,19H,9-10,13H2,1H3,(H,22,25)(H,23,26)/t19-/m1/s1. The van der Waals surface area contributed by atoms with Gasteiger partial charge in [-0.1, -0.05) is 30.3 Å². The smallest absolute Gasteiger partial charge is 0.326 e. The minimum absolute atomic E-state index is 0.146. The zero-order chi connectivity index (χ0) is 19.9. The summed E-state index contributed by atoms with van der Waals surface area (Å²) in [5.74, 6) is -0.841. The summed E-state index contributed by atoms with van der Waals surface area (Å²) in [6.45, 7) is -0.342. The third-order valence-corrected chi connectivity index (χ3v) is 4.26. The van der Waals surface area contributed by atoms with Crippen LogP contribution >= 0.6 is 0 Å². The fourth-order valence-corrected chi connectivity index (χ4v) is 2.58. The molecule has 3 rings (SSSR count). The van der Waals surface area contributed by atoms with Crippen LogP contribution in [-0.2, 0) is 14.3 Å². The van der Waals surface area contributed by atoms with Gasteiger partial charge in [0, 0.05) is 17.2 Å². The molecule has 7 nitrogen and oxygen atoms in total. The summed E-state index contributed by atoms with van der Waals surface area (Å²) in [6, 6.07) is 15.4. The second-order valence-corrected chi connectivity index (χ2v) is 6.47. The van der Waals surface area contributed by atoms with Crippen LogP contribution in [0.1, 0.15) is 34.9 Å². The molecule has 2 aromatic carbocycles. The summed E-state index contributed by atoms with van der Waals surface area (Å²) >= 11 is 0. The maximum absolute atomic E-state index is 12.5. The van der Waals surface area contributed by atoms with Gasteiger partial charge in [0.05, 0.1) is 7.11 Å². The average Bonchev–Trinajstić information content (AvgIpc) is 3.54. The molecule has 0 heterocycles. The number of rotatable bonds is 8. The molecule has 1 atom stereocenters. The van der Waals surface area contributed by atoms with Gasteiger partial charge in [-0.25, -0.2) is 0 Å². The summed E-state index contributed by atoms with van der Waals surface area (Å²) in [5, 5.41) is 5.34. The number of hydrogen-bond acceptors (Lipinski definition) is 5. The quantitative estimate of drug-likeness (QED) is 0.681. The molecule has 0 bridgehead atoms. The van der Waals surface area contributed by atoms with Crippen molar-refractivity contribution in [2.75, 3.05) is 13.7 Å². The molecule has 2 N–H and O–H groups in total. The molecule has 146 valence electrons. The Labute approximate surface area is 163 Å². The van der Waals surface area contributed by atoms with E-state index in [1.807, 2.05) is 6.07 Å². The highest BCUT2D eigenvalue weighted by Crippen LogP contribution is 2.23. The molecule has 0 radical (unpaired) electrons. The number of esters is 1. The van der Waals surface area contributed by atoms with Gasteiger partial charge in [0.25, 0.3) is 11.8 Å². The van der Waals surface area contributed by atoms with E-state index in [1.165, 1.54) is 7.11 Å². The van der Waals surface area contributed by atoms with Crippen LogP contribution < -0.4 is 15.4 Å². The van der Waals surface area contributed by atoms with Gasteiger partial charge in [-0.2, -0.15) is 0 Å². The van der Waals surface area contributed by atoms with Crippen LogP contribution in [0.3, 0.4) is 0 Å². The first kappa shape index (κ1) is 19.4. The number of benzene rings is 2. The summed E-state index contributed by atoms with van der Waals surface area (Å²) in [7, 11) is 1.54. The van der Waals surface area contributed by atoms with Gasteiger partial charge in [0.15, 0.2) is 0 Å². The molecule has 28 heavy (non-hydrogen) atoms. The van der Waals surface area contributed by atoms with Crippen molar-refractivity contribution < 1.29 is 23.9 Å². The minimum Gasteiger partial charge on any atom is -0.497 e. The van der Waals surface area contributed by atoms with Gasteiger partial charge in [-0.15, -0.1) is 0 Å². The fraction of sp³-hybridized carbons (Fsp3) is 0.286. The fourth-order valence-electron chi connectivity index (χ4n) is 2.58. The summed E-state index contributed by atoms with van der Waals surface area (Å²) in [5.41, 5.74) is 0.968. The molecule has 0 unspecified atom stereocenters. The Morgan fingerprint density at radius 1 is 1.04 bits per heavy atom. The van der Waals surface area contributed by atoms with E-state index in [0.717, 1.165) is 12.8 Å². The normalized spacial score (nSPS) is 13.9. The Morgan fingerprint density at radius 3 is 2.32 bits per heavy atom. The predicted octanol–water partition coefficient (Wildman–Crippen LogP) is 1.99. The van der Waals surface area contributed by atoms with Crippen LogP contribution in [0.25, 0.3) is 0 Å². The van der Waals surface area contributed by atoms with Gasteiger partial charge >= 0.3 is 5.97 Å². The van der Waals surface area contributed by atoms with Gasteiger partial charge in [-0.05, 0) is 37.1 Å². The summed E-state index contributed by atoms with van der Waals surface area (Å²) < 4.78 is 10.4. The number of carbonyl (C=O) groups is 3. The van der Waals surface area contributed by atoms with E-state index >= 15 is 0 Å². The zero-order valence-corrected chi connectivity index (χ0v) is 15.5. The van der Waals surface area contributed by atoms with Crippen molar-refractivity contribution in [1.29, 1.82) is 0 Å². The number of ether oxygens (including phenoxy) is 2. The number of amides is 2. The van der Waals surface area contributed by atoms with E-state index in [1.54, 1.807) is 48.5 Å². The molecular formula is C21H22N2O5. The monoisotopic (exact) mass is 382 g/mol. The first-order chi connectivity index (χ1) is 13.6. The van der Waals surface area contributed by atoms with Crippen LogP contribution in [0.4, 0.5) is 0 Å². The van der Waals surface area contributed by atoms with Crippen molar-refractivity contribution in [2.24, 2.45) is 0 Å². The Balaban J connectivity index is 1.58. The van der Waals surface area contributed by atoms with Crippen LogP contribution in [0.2, 0.25) is 0 Å². The summed E-state index contributed by atoms with van der Waals surface area (Å²) in [6.07, 6.45) is 0.810. The van der Waals surface area contributed by atoms with Crippen LogP contribution in [0.5, 0.6) is 5.75 Å². The molecule has 7 heteroatoms. The number of methoxy groups -OCH3 is 1. The largest absolute Gasteiger partial charge is 0.497 e. The third-order valence-electron chi connectivity index (χ3n) is 4.26. The highest BCUT2D eigenvalue weighted by Gasteiger charge is 2.30. The molecule has 1 aliphatic carbocycles. The average molecular weight is 382 g/mol.